The van der Waals surface area contributed by atoms with Crippen LogP contribution < -0.4 is 0 Å². The highest BCUT2D eigenvalue weighted by atomic mass is 31.2. The maximum absolute atomic E-state index is 12.4. The number of phosphoric acid groups is 1. The number of carbonyl (C=O) groups excluding carboxylic acids is 3. The third kappa shape index (κ3) is 27.2. The van der Waals surface area contributed by atoms with Gasteiger partial charge in [0.2, 0.25) is 0 Å². The highest BCUT2D eigenvalue weighted by molar-refractivity contribution is 7.46. The number of phosphoric ester groups is 1. The van der Waals surface area contributed by atoms with Gasteiger partial charge in [-0.15, -0.1) is 0 Å². The molecule has 11 nitrogen and oxygen atoms in total. The van der Waals surface area contributed by atoms with Gasteiger partial charge in [-0.2, -0.15) is 0 Å². The van der Waals surface area contributed by atoms with Crippen molar-refractivity contribution in [3.05, 3.63) is 48.6 Å². The Morgan fingerprint density at radius 1 is 0.778 bits per heavy atom. The van der Waals surface area contributed by atoms with Crippen molar-refractivity contribution < 1.29 is 52.9 Å². The molecule has 1 saturated carbocycles. The number of carbonyl (C=O) groups is 3. The van der Waals surface area contributed by atoms with Crippen molar-refractivity contribution in [2.24, 2.45) is 11.8 Å². The number of Topliss-reactive ketones (excluding diaryl/α,β-unsaturated/α-hetero) is 1. The first-order chi connectivity index (χ1) is 26.0. The zero-order chi connectivity index (χ0) is 39.9. The van der Waals surface area contributed by atoms with Crippen LogP contribution in [0.1, 0.15) is 155 Å². The number of allylic oxidation sites excluding steroid dienone is 7. The van der Waals surface area contributed by atoms with Gasteiger partial charge in [0.1, 0.15) is 12.4 Å². The molecule has 310 valence electrons. The maximum atomic E-state index is 12.4. The van der Waals surface area contributed by atoms with Gasteiger partial charge in [-0.3, -0.25) is 18.9 Å². The predicted molar refractivity (Wildman–Crippen MR) is 212 cm³/mol. The van der Waals surface area contributed by atoms with Crippen LogP contribution in [0, 0.1) is 11.8 Å². The van der Waals surface area contributed by atoms with E-state index in [1.807, 2.05) is 12.2 Å². The Morgan fingerprint density at radius 3 is 2.06 bits per heavy atom. The molecule has 0 saturated heterocycles. The summed E-state index contributed by atoms with van der Waals surface area (Å²) in [6.07, 6.45) is 32.0. The fraction of sp³-hybridized carbons (Fsp3) is 0.738. The van der Waals surface area contributed by atoms with Crippen LogP contribution in [-0.2, 0) is 32.9 Å². The lowest BCUT2D eigenvalue weighted by molar-refractivity contribution is -0.161. The first-order valence-electron chi connectivity index (χ1n) is 20.5. The highest BCUT2D eigenvalue weighted by Gasteiger charge is 2.39. The van der Waals surface area contributed by atoms with E-state index in [9.17, 15) is 29.2 Å². The molecule has 0 aromatic carbocycles. The van der Waals surface area contributed by atoms with Crippen LogP contribution >= 0.6 is 7.82 Å². The van der Waals surface area contributed by atoms with E-state index in [1.165, 1.54) is 19.3 Å². The summed E-state index contributed by atoms with van der Waals surface area (Å²) in [6.45, 7) is 3.31. The first-order valence-corrected chi connectivity index (χ1v) is 22.1. The van der Waals surface area contributed by atoms with Crippen molar-refractivity contribution >= 4 is 25.5 Å². The monoisotopic (exact) mass is 782 g/mol. The van der Waals surface area contributed by atoms with Crippen LogP contribution in [0.2, 0.25) is 0 Å². The van der Waals surface area contributed by atoms with E-state index in [-0.39, 0.29) is 37.6 Å². The maximum Gasteiger partial charge on any atom is 0.469 e. The van der Waals surface area contributed by atoms with Gasteiger partial charge in [0.15, 0.2) is 6.10 Å². The Morgan fingerprint density at radius 2 is 1.37 bits per heavy atom. The van der Waals surface area contributed by atoms with E-state index < -0.39 is 50.6 Å². The molecular formula is C42H71O11P. The molecule has 0 heterocycles. The van der Waals surface area contributed by atoms with E-state index in [4.69, 9.17) is 19.3 Å². The number of ketones is 1. The fourth-order valence-corrected chi connectivity index (χ4v) is 6.63. The summed E-state index contributed by atoms with van der Waals surface area (Å²) in [5, 5.41) is 20.6. The molecule has 12 heteroatoms. The van der Waals surface area contributed by atoms with Gasteiger partial charge < -0.3 is 29.5 Å². The Kier molecular flexibility index (Phi) is 29.2. The minimum atomic E-state index is -4.82. The molecular weight excluding hydrogens is 711 g/mol. The molecule has 0 aromatic rings. The Bertz CT molecular complexity index is 1170. The SMILES string of the molecule is CCCCC/C=C\C/C=C\CCCCCCCCC(=O)O[C@H](COC(=O)CCC/C=C\C[C@H]1[C@@H](O)CC(=O)[C@@H]1/C=C/[C@@H](O)CCCCC)COP(=O)(O)O. The lowest BCUT2D eigenvalue weighted by atomic mass is 9.90. The summed E-state index contributed by atoms with van der Waals surface area (Å²) in [5.41, 5.74) is 0. The van der Waals surface area contributed by atoms with Crippen molar-refractivity contribution in [2.45, 2.75) is 173 Å². The molecule has 54 heavy (non-hydrogen) atoms. The first kappa shape index (κ1) is 49.6. The third-order valence-electron chi connectivity index (χ3n) is 9.45. The second kappa shape index (κ2) is 31.8. The number of aliphatic hydroxyl groups excluding tert-OH is 2. The summed E-state index contributed by atoms with van der Waals surface area (Å²) in [6, 6.07) is 0. The van der Waals surface area contributed by atoms with Gasteiger partial charge in [-0.05, 0) is 64.2 Å². The molecule has 0 bridgehead atoms. The van der Waals surface area contributed by atoms with Crippen molar-refractivity contribution in [3.8, 4) is 0 Å². The van der Waals surface area contributed by atoms with E-state index in [0.717, 1.165) is 70.6 Å². The molecule has 0 spiro atoms. The molecule has 4 N–H and O–H groups in total. The van der Waals surface area contributed by atoms with Crippen LogP contribution in [-0.4, -0.2) is 69.2 Å². The molecule has 0 aromatic heterocycles. The minimum Gasteiger partial charge on any atom is -0.462 e. The van der Waals surface area contributed by atoms with E-state index >= 15 is 0 Å². The molecule has 1 fully saturated rings. The Labute approximate surface area is 324 Å². The van der Waals surface area contributed by atoms with Crippen molar-refractivity contribution in [2.75, 3.05) is 13.2 Å². The predicted octanol–water partition coefficient (Wildman–Crippen LogP) is 8.93. The van der Waals surface area contributed by atoms with Gasteiger partial charge in [0.25, 0.3) is 0 Å². The van der Waals surface area contributed by atoms with Gasteiger partial charge >= 0.3 is 19.8 Å². The topological polar surface area (TPSA) is 177 Å². The molecule has 0 aliphatic heterocycles. The average molecular weight is 783 g/mol. The molecule has 1 aliphatic carbocycles. The lowest BCUT2D eigenvalue weighted by Gasteiger charge is -2.18. The summed E-state index contributed by atoms with van der Waals surface area (Å²) in [5.74, 6) is -1.84. The number of rotatable bonds is 33. The lowest BCUT2D eigenvalue weighted by Crippen LogP contribution is -2.29. The number of unbranched alkanes of at least 4 members (excludes halogenated alkanes) is 12. The van der Waals surface area contributed by atoms with Gasteiger partial charge in [-0.25, -0.2) is 4.57 Å². The van der Waals surface area contributed by atoms with Gasteiger partial charge in [0.05, 0.1) is 18.8 Å². The molecule has 5 atom stereocenters. The number of hydrogen-bond donors (Lipinski definition) is 4. The smallest absolute Gasteiger partial charge is 0.462 e. The molecule has 0 unspecified atom stereocenters. The average Bonchev–Trinajstić information content (AvgIpc) is 3.40. The second-order valence-electron chi connectivity index (χ2n) is 14.4. The summed E-state index contributed by atoms with van der Waals surface area (Å²) in [4.78, 5) is 55.4. The zero-order valence-corrected chi connectivity index (χ0v) is 34.0. The van der Waals surface area contributed by atoms with Crippen LogP contribution in [0.5, 0.6) is 0 Å². The number of ether oxygens (including phenoxy) is 2. The largest absolute Gasteiger partial charge is 0.469 e. The summed E-state index contributed by atoms with van der Waals surface area (Å²) >= 11 is 0. The van der Waals surface area contributed by atoms with Crippen LogP contribution in [0.25, 0.3) is 0 Å². The number of hydrogen-bond acceptors (Lipinski definition) is 9. The van der Waals surface area contributed by atoms with Gasteiger partial charge in [-0.1, -0.05) is 120 Å². The van der Waals surface area contributed by atoms with E-state index in [1.54, 1.807) is 12.2 Å². The minimum absolute atomic E-state index is 0.0344. The molecule has 0 radical (unpaired) electrons. The van der Waals surface area contributed by atoms with Crippen molar-refractivity contribution in [1.29, 1.82) is 0 Å². The number of esters is 2. The van der Waals surface area contributed by atoms with Crippen LogP contribution in [0.3, 0.4) is 0 Å². The Balaban J connectivity index is 2.31. The quantitative estimate of drug-likeness (QED) is 0.0216. The van der Waals surface area contributed by atoms with Gasteiger partial charge in [0, 0.05) is 31.1 Å². The fourth-order valence-electron chi connectivity index (χ4n) is 6.27. The molecule has 1 rings (SSSR count). The molecule has 1 aliphatic rings. The van der Waals surface area contributed by atoms with E-state index in [0.29, 0.717) is 32.1 Å². The normalized spacial score (nSPS) is 19.1. The summed E-state index contributed by atoms with van der Waals surface area (Å²) in [7, 11) is -4.82. The standard InChI is InChI=1S/C42H71O11P/c1-3-5-7-8-9-10-11-12-13-14-15-16-17-18-19-25-29-42(47)53-36(34-52-54(48,49)50)33-51-41(46)28-24-21-20-23-27-37-38(40(45)32-39(37)44)31-30-35(43)26-22-6-4-2/h9-10,12-13,20,23,30-31,35-39,43-44H,3-8,11,14-19,21-22,24-29,32-34H2,1-2H3,(H2,48,49,50)/b10-9-,13-12-,23-20-,31-30+/t35-,36+,37+,38+,39-/m0/s1. The summed E-state index contributed by atoms with van der Waals surface area (Å²) < 4.78 is 26.3. The zero-order valence-electron chi connectivity index (χ0n) is 33.1. The van der Waals surface area contributed by atoms with E-state index in [2.05, 4.69) is 42.7 Å². The Hall–Kier alpha value is -2.40. The molecule has 0 amide bonds. The van der Waals surface area contributed by atoms with Crippen molar-refractivity contribution in [1.82, 2.24) is 0 Å². The van der Waals surface area contributed by atoms with Crippen LogP contribution in [0.15, 0.2) is 48.6 Å². The highest BCUT2D eigenvalue weighted by Crippen LogP contribution is 2.36. The third-order valence-corrected chi connectivity index (χ3v) is 9.93. The second-order valence-corrected chi connectivity index (χ2v) is 15.6. The number of aliphatic hydroxyl groups is 2. The van der Waals surface area contributed by atoms with Crippen molar-refractivity contribution in [3.63, 3.8) is 0 Å². The van der Waals surface area contributed by atoms with Crippen LogP contribution in [0.4, 0.5) is 0 Å².